The summed E-state index contributed by atoms with van der Waals surface area (Å²) in [7, 11) is 0. The minimum absolute atomic E-state index is 0.0852. The van der Waals surface area contributed by atoms with E-state index in [2.05, 4.69) is 15.8 Å². The lowest BCUT2D eigenvalue weighted by atomic mass is 9.79. The fraction of sp³-hybridized carbons (Fsp3) is 0.526. The Kier molecular flexibility index (Phi) is 5.34. The molecule has 0 saturated carbocycles. The number of carbonyl (C=O) groups is 2. The predicted molar refractivity (Wildman–Crippen MR) is 109 cm³/mol. The number of aliphatic hydroxyl groups excluding tert-OH is 1. The third-order valence-corrected chi connectivity index (χ3v) is 7.77. The van der Waals surface area contributed by atoms with Crippen molar-refractivity contribution in [3.63, 3.8) is 0 Å². The third-order valence-electron chi connectivity index (χ3n) is 5.69. The van der Waals surface area contributed by atoms with E-state index in [1.807, 2.05) is 24.4 Å². The largest absolute Gasteiger partial charge is 0.477 e. The second-order valence-corrected chi connectivity index (χ2v) is 9.55. The maximum Gasteiger partial charge on any atom is 0.353 e. The van der Waals surface area contributed by atoms with Gasteiger partial charge in [0.25, 0.3) is 0 Å². The number of carboxylic acid groups (broad SMARTS) is 1. The van der Waals surface area contributed by atoms with E-state index in [1.165, 1.54) is 16.4 Å². The van der Waals surface area contributed by atoms with Crippen molar-refractivity contribution < 1.29 is 19.8 Å². The maximum atomic E-state index is 12.4. The van der Waals surface area contributed by atoms with Gasteiger partial charge in [0.2, 0.25) is 5.91 Å². The molecule has 9 heteroatoms. The van der Waals surface area contributed by atoms with Crippen LogP contribution in [0.2, 0.25) is 0 Å². The van der Waals surface area contributed by atoms with E-state index in [-0.39, 0.29) is 34.9 Å². The molecule has 2 fully saturated rings. The molecule has 0 aliphatic carbocycles. The molecule has 4 rings (SSSR count). The van der Waals surface area contributed by atoms with E-state index < -0.39 is 18.0 Å². The minimum atomic E-state index is -1.07. The molecule has 0 unspecified atom stereocenters. The summed E-state index contributed by atoms with van der Waals surface area (Å²) in [6.07, 6.45) is 4.20. The number of rotatable bonds is 6. The first-order chi connectivity index (χ1) is 13.4. The predicted octanol–water partition coefficient (Wildman–Crippen LogP) is 1.77. The third kappa shape index (κ3) is 3.30. The number of hydrogen-bond donors (Lipinski definition) is 3. The number of fused-ring (bicyclic) bond motifs is 1. The topological polar surface area (TPSA) is 103 Å². The summed E-state index contributed by atoms with van der Waals surface area (Å²) in [6.45, 7) is 4.33. The van der Waals surface area contributed by atoms with Crippen molar-refractivity contribution in [2.75, 3.05) is 6.54 Å². The zero-order valence-corrected chi connectivity index (χ0v) is 17.2. The molecule has 0 radical (unpaired) electrons. The summed E-state index contributed by atoms with van der Waals surface area (Å²) >= 11 is 2.98. The van der Waals surface area contributed by atoms with Gasteiger partial charge in [-0.15, -0.1) is 11.8 Å². The van der Waals surface area contributed by atoms with Crippen molar-refractivity contribution in [3.8, 4) is 0 Å². The number of β-lactam (4-membered cyclic amide) rings is 1. The molecule has 0 bridgehead atoms. The van der Waals surface area contributed by atoms with E-state index in [1.54, 1.807) is 18.7 Å². The highest BCUT2D eigenvalue weighted by atomic mass is 32.2. The summed E-state index contributed by atoms with van der Waals surface area (Å²) in [5, 5.41) is 25.3. The number of aliphatic hydroxyl groups is 1. The number of nitrogens with zero attached hydrogens (tertiary/aromatic N) is 2. The maximum absolute atomic E-state index is 12.4. The Morgan fingerprint density at radius 3 is 2.96 bits per heavy atom. The summed E-state index contributed by atoms with van der Waals surface area (Å²) in [6, 6.07) is 1.93. The molecule has 4 heterocycles. The van der Waals surface area contributed by atoms with E-state index in [0.717, 1.165) is 23.6 Å². The second kappa shape index (κ2) is 7.62. The van der Waals surface area contributed by atoms with Crippen molar-refractivity contribution in [3.05, 3.63) is 33.8 Å². The lowest BCUT2D eigenvalue weighted by Gasteiger charge is -2.46. The molecule has 1 aromatic heterocycles. The molecule has 0 aromatic carbocycles. The van der Waals surface area contributed by atoms with Crippen molar-refractivity contribution in [1.29, 1.82) is 0 Å². The Morgan fingerprint density at radius 1 is 1.54 bits per heavy atom. The van der Waals surface area contributed by atoms with E-state index in [4.69, 9.17) is 0 Å². The number of nitrogens with one attached hydrogen (secondary N) is 1. The number of carbonyl (C=O) groups excluding carboxylic acids is 1. The monoisotopic (exact) mass is 421 g/mol. The molecular weight excluding hydrogens is 398 g/mol. The average molecular weight is 422 g/mol. The van der Waals surface area contributed by atoms with Crippen LogP contribution in [0.3, 0.4) is 0 Å². The first-order valence-corrected chi connectivity index (χ1v) is 11.1. The molecule has 6 atom stereocenters. The van der Waals surface area contributed by atoms with Crippen LogP contribution in [0.15, 0.2) is 28.1 Å². The van der Waals surface area contributed by atoms with Crippen molar-refractivity contribution >= 4 is 41.2 Å². The van der Waals surface area contributed by atoms with Gasteiger partial charge in [0.15, 0.2) is 0 Å². The molecule has 3 aliphatic rings. The van der Waals surface area contributed by atoms with Gasteiger partial charge in [-0.2, -0.15) is 4.37 Å². The van der Waals surface area contributed by atoms with Gasteiger partial charge in [0.1, 0.15) is 5.70 Å². The van der Waals surface area contributed by atoms with Gasteiger partial charge < -0.3 is 20.4 Å². The minimum Gasteiger partial charge on any atom is -0.477 e. The van der Waals surface area contributed by atoms with Gasteiger partial charge in [-0.25, -0.2) is 4.79 Å². The number of aliphatic carboxylic acids is 1. The Hall–Kier alpha value is -1.68. The Morgan fingerprint density at radius 2 is 2.32 bits per heavy atom. The van der Waals surface area contributed by atoms with Crippen LogP contribution in [0, 0.1) is 11.8 Å². The fourth-order valence-electron chi connectivity index (χ4n) is 4.35. The van der Waals surface area contributed by atoms with Gasteiger partial charge in [0, 0.05) is 34.0 Å². The molecule has 150 valence electrons. The highest BCUT2D eigenvalue weighted by Gasteiger charge is 2.60. The Balaban J connectivity index is 1.47. The van der Waals surface area contributed by atoms with Gasteiger partial charge in [-0.05, 0) is 37.0 Å². The van der Waals surface area contributed by atoms with Crippen LogP contribution in [0.5, 0.6) is 0 Å². The normalized spacial score (nSPS) is 33.5. The molecule has 1 amide bonds. The molecule has 1 aromatic rings. The van der Waals surface area contributed by atoms with E-state index >= 15 is 0 Å². The Labute approximate surface area is 171 Å². The zero-order valence-electron chi connectivity index (χ0n) is 15.6. The average Bonchev–Trinajstić information content (AvgIpc) is 3.34. The highest BCUT2D eigenvalue weighted by Crippen LogP contribution is 2.51. The molecule has 7 nitrogen and oxygen atoms in total. The lowest BCUT2D eigenvalue weighted by molar-refractivity contribution is -0.163. The van der Waals surface area contributed by atoms with Crippen molar-refractivity contribution in [2.45, 2.75) is 43.7 Å². The van der Waals surface area contributed by atoms with Crippen LogP contribution >= 0.6 is 23.3 Å². The number of thioether (sulfide) groups is 1. The van der Waals surface area contributed by atoms with Crippen LogP contribution in [0.1, 0.15) is 26.0 Å². The number of amides is 1. The van der Waals surface area contributed by atoms with Gasteiger partial charge in [-0.3, -0.25) is 4.79 Å². The van der Waals surface area contributed by atoms with Crippen LogP contribution in [-0.4, -0.2) is 61.3 Å². The van der Waals surface area contributed by atoms with Crippen LogP contribution < -0.4 is 5.32 Å². The summed E-state index contributed by atoms with van der Waals surface area (Å²) in [5.74, 6) is -1.95. The van der Waals surface area contributed by atoms with Crippen molar-refractivity contribution in [1.82, 2.24) is 14.6 Å². The first kappa shape index (κ1) is 19.6. The number of hydrogen-bond acceptors (Lipinski definition) is 7. The first-order valence-electron chi connectivity index (χ1n) is 9.35. The van der Waals surface area contributed by atoms with Crippen molar-refractivity contribution in [2.24, 2.45) is 11.8 Å². The smallest absolute Gasteiger partial charge is 0.353 e. The Bertz CT molecular complexity index is 836. The second-order valence-electron chi connectivity index (χ2n) is 7.55. The quantitative estimate of drug-likeness (QED) is 0.602. The van der Waals surface area contributed by atoms with Gasteiger partial charge >= 0.3 is 5.97 Å². The summed E-state index contributed by atoms with van der Waals surface area (Å²) in [4.78, 5) is 26.4. The molecule has 3 N–H and O–H groups in total. The van der Waals surface area contributed by atoms with Crippen LogP contribution in [0.25, 0.3) is 6.08 Å². The van der Waals surface area contributed by atoms with Crippen LogP contribution in [0.4, 0.5) is 0 Å². The molecule has 2 saturated heterocycles. The SMILES string of the molecule is C[C@@H](O)[C@H]1C(=O)N2C(C(=O)O)=C(S[C@@H]3CN[C@H](/C=C/c4ccsn4)C3)[C@H](C)[C@H]12. The lowest BCUT2D eigenvalue weighted by Crippen LogP contribution is -2.63. The summed E-state index contributed by atoms with van der Waals surface area (Å²) < 4.78 is 4.26. The standard InChI is InChI=1S/C19H23N3O4S2/c1-9-15-14(10(2)23)18(24)22(15)16(19(25)26)17(9)28-13-7-12(20-8-13)4-3-11-5-6-27-21-11/h3-6,9-10,12-15,20,23H,7-8H2,1-2H3,(H,25,26)/b4-3+/t9-,10-,12-,13+,14-,15-/m1/s1. The molecule has 3 aliphatic heterocycles. The summed E-state index contributed by atoms with van der Waals surface area (Å²) in [5.41, 5.74) is 1.04. The van der Waals surface area contributed by atoms with Gasteiger partial charge in [-0.1, -0.05) is 13.0 Å². The van der Waals surface area contributed by atoms with Crippen LogP contribution in [-0.2, 0) is 9.59 Å². The number of carboxylic acids is 1. The van der Waals surface area contributed by atoms with Gasteiger partial charge in [0.05, 0.1) is 23.8 Å². The highest BCUT2D eigenvalue weighted by molar-refractivity contribution is 8.03. The fourth-order valence-corrected chi connectivity index (χ4v) is 6.35. The zero-order chi connectivity index (χ0) is 20.0. The van der Waals surface area contributed by atoms with E-state index in [0.29, 0.717) is 0 Å². The number of aromatic nitrogens is 1. The molecule has 28 heavy (non-hydrogen) atoms. The molecule has 0 spiro atoms. The molecular formula is C19H23N3O4S2. The van der Waals surface area contributed by atoms with E-state index in [9.17, 15) is 19.8 Å².